The highest BCUT2D eigenvalue weighted by Crippen LogP contribution is 2.34. The molecule has 0 radical (unpaired) electrons. The van der Waals surface area contributed by atoms with E-state index >= 15 is 0 Å². The number of nitriles is 1. The average Bonchev–Trinajstić information content (AvgIpc) is 2.33. The van der Waals surface area contributed by atoms with Crippen LogP contribution in [0.25, 0.3) is 0 Å². The molecule has 1 aromatic carbocycles. The maximum absolute atomic E-state index is 14.0. The first kappa shape index (κ1) is 13.3. The zero-order valence-electron chi connectivity index (χ0n) is 9.92. The lowest BCUT2D eigenvalue weighted by molar-refractivity contribution is 0.275. The third-order valence-corrected chi connectivity index (χ3v) is 2.19. The lowest BCUT2D eigenvalue weighted by Crippen LogP contribution is -2.07. The molecule has 0 bridgehead atoms. The van der Waals surface area contributed by atoms with Crippen LogP contribution in [0.3, 0.4) is 0 Å². The second kappa shape index (κ2) is 6.06. The van der Waals surface area contributed by atoms with Crippen LogP contribution >= 0.6 is 0 Å². The van der Waals surface area contributed by atoms with E-state index in [1.54, 1.807) is 26.0 Å². The molecule has 0 aromatic heterocycles. The van der Waals surface area contributed by atoms with Gasteiger partial charge in [0.1, 0.15) is 6.07 Å². The first-order valence-corrected chi connectivity index (χ1v) is 5.40. The van der Waals surface area contributed by atoms with E-state index < -0.39 is 5.82 Å². The summed E-state index contributed by atoms with van der Waals surface area (Å²) in [6.45, 7) is 4.28. The topological polar surface area (TPSA) is 68.3 Å². The molecule has 0 aliphatic carbocycles. The Labute approximate surface area is 99.7 Å². The Morgan fingerprint density at radius 1 is 1.35 bits per heavy atom. The molecule has 17 heavy (non-hydrogen) atoms. The molecule has 92 valence electrons. The van der Waals surface area contributed by atoms with Gasteiger partial charge < -0.3 is 15.2 Å². The summed E-state index contributed by atoms with van der Waals surface area (Å²) >= 11 is 0. The van der Waals surface area contributed by atoms with Crippen molar-refractivity contribution in [2.75, 3.05) is 13.2 Å². The zero-order chi connectivity index (χ0) is 12.8. The highest BCUT2D eigenvalue weighted by atomic mass is 19.1. The van der Waals surface area contributed by atoms with Crippen molar-refractivity contribution < 1.29 is 13.9 Å². The van der Waals surface area contributed by atoms with Gasteiger partial charge in [-0.1, -0.05) is 0 Å². The molecule has 0 aliphatic heterocycles. The molecule has 0 spiro atoms. The number of nitrogens with two attached hydrogens (primary N) is 1. The van der Waals surface area contributed by atoms with Gasteiger partial charge in [0.25, 0.3) is 0 Å². The van der Waals surface area contributed by atoms with Crippen LogP contribution in [0.4, 0.5) is 4.39 Å². The molecule has 0 amide bonds. The predicted octanol–water partition coefficient (Wildman–Crippen LogP) is 1.95. The molecule has 0 atom stereocenters. The van der Waals surface area contributed by atoms with E-state index in [0.29, 0.717) is 18.8 Å². The summed E-state index contributed by atoms with van der Waals surface area (Å²) in [4.78, 5) is 0. The Morgan fingerprint density at radius 2 is 2.00 bits per heavy atom. The SMILES string of the molecule is CCOc1cc(CN)c(C#N)c(F)c1OCC. The van der Waals surface area contributed by atoms with Gasteiger partial charge in [-0.2, -0.15) is 5.26 Å². The van der Waals surface area contributed by atoms with E-state index in [2.05, 4.69) is 0 Å². The Morgan fingerprint density at radius 3 is 2.47 bits per heavy atom. The van der Waals surface area contributed by atoms with Crippen molar-refractivity contribution in [1.29, 1.82) is 5.26 Å². The summed E-state index contributed by atoms with van der Waals surface area (Å²) in [6.07, 6.45) is 0. The van der Waals surface area contributed by atoms with E-state index in [0.717, 1.165) is 0 Å². The van der Waals surface area contributed by atoms with Gasteiger partial charge in [-0.3, -0.25) is 0 Å². The van der Waals surface area contributed by atoms with Crippen molar-refractivity contribution in [2.45, 2.75) is 20.4 Å². The summed E-state index contributed by atoms with van der Waals surface area (Å²) in [5.41, 5.74) is 5.80. The first-order chi connectivity index (χ1) is 8.19. The van der Waals surface area contributed by atoms with E-state index in [4.69, 9.17) is 20.5 Å². The van der Waals surface area contributed by atoms with Crippen LogP contribution in [0.2, 0.25) is 0 Å². The van der Waals surface area contributed by atoms with Crippen LogP contribution in [0.5, 0.6) is 11.5 Å². The van der Waals surface area contributed by atoms with Gasteiger partial charge in [0, 0.05) is 6.54 Å². The minimum absolute atomic E-state index is 0.0249. The van der Waals surface area contributed by atoms with Gasteiger partial charge in [-0.05, 0) is 25.5 Å². The Balaban J connectivity index is 3.39. The number of benzene rings is 1. The minimum atomic E-state index is -0.708. The normalized spacial score (nSPS) is 9.82. The summed E-state index contributed by atoms with van der Waals surface area (Å²) in [5, 5.41) is 8.90. The molecule has 2 N–H and O–H groups in total. The summed E-state index contributed by atoms with van der Waals surface area (Å²) < 4.78 is 24.5. The van der Waals surface area contributed by atoms with E-state index in [9.17, 15) is 4.39 Å². The third-order valence-electron chi connectivity index (χ3n) is 2.19. The number of halogens is 1. The Hall–Kier alpha value is -1.80. The third kappa shape index (κ3) is 2.66. The van der Waals surface area contributed by atoms with Crippen molar-refractivity contribution in [2.24, 2.45) is 5.73 Å². The van der Waals surface area contributed by atoms with Gasteiger partial charge in [0.15, 0.2) is 17.3 Å². The molecule has 0 saturated heterocycles. The largest absolute Gasteiger partial charge is 0.490 e. The van der Waals surface area contributed by atoms with Crippen molar-refractivity contribution in [3.63, 3.8) is 0 Å². The van der Waals surface area contributed by atoms with E-state index in [1.165, 1.54) is 0 Å². The molecule has 4 nitrogen and oxygen atoms in total. The zero-order valence-corrected chi connectivity index (χ0v) is 9.92. The number of rotatable bonds is 5. The minimum Gasteiger partial charge on any atom is -0.490 e. The fraction of sp³-hybridized carbons (Fsp3) is 0.417. The molecule has 0 unspecified atom stereocenters. The lowest BCUT2D eigenvalue weighted by atomic mass is 10.1. The van der Waals surface area contributed by atoms with Crippen LogP contribution in [0.15, 0.2) is 6.07 Å². The van der Waals surface area contributed by atoms with Gasteiger partial charge in [-0.25, -0.2) is 4.39 Å². The number of ether oxygens (including phenoxy) is 2. The predicted molar refractivity (Wildman–Crippen MR) is 61.3 cm³/mol. The standard InChI is InChI=1S/C12H15FN2O2/c1-3-16-10-5-8(6-14)9(7-15)11(13)12(10)17-4-2/h5H,3-4,6,14H2,1-2H3. The van der Waals surface area contributed by atoms with Crippen LogP contribution in [-0.4, -0.2) is 13.2 Å². The number of nitrogens with zero attached hydrogens (tertiary/aromatic N) is 1. The summed E-state index contributed by atoms with van der Waals surface area (Å²) in [7, 11) is 0. The van der Waals surface area contributed by atoms with Gasteiger partial charge in [0.05, 0.1) is 18.8 Å². The van der Waals surface area contributed by atoms with Crippen molar-refractivity contribution in [3.05, 3.63) is 23.0 Å². The lowest BCUT2D eigenvalue weighted by Gasteiger charge is -2.14. The number of hydrogen-bond donors (Lipinski definition) is 1. The second-order valence-corrected chi connectivity index (χ2v) is 3.23. The molecule has 0 fully saturated rings. The maximum atomic E-state index is 14.0. The van der Waals surface area contributed by atoms with Crippen LogP contribution in [-0.2, 0) is 6.54 Å². The fourth-order valence-electron chi connectivity index (χ4n) is 1.48. The van der Waals surface area contributed by atoms with Crippen LogP contribution in [0, 0.1) is 17.1 Å². The average molecular weight is 238 g/mol. The fourth-order valence-corrected chi connectivity index (χ4v) is 1.48. The summed E-state index contributed by atoms with van der Waals surface area (Å²) in [5.74, 6) is -0.449. The molecule has 1 aromatic rings. The molecule has 1 rings (SSSR count). The van der Waals surface area contributed by atoms with Crippen LogP contribution in [0.1, 0.15) is 25.0 Å². The highest BCUT2D eigenvalue weighted by Gasteiger charge is 2.19. The summed E-state index contributed by atoms with van der Waals surface area (Å²) in [6, 6.07) is 3.34. The molecule has 0 heterocycles. The van der Waals surface area contributed by atoms with Crippen molar-refractivity contribution in [1.82, 2.24) is 0 Å². The van der Waals surface area contributed by atoms with Gasteiger partial charge >= 0.3 is 0 Å². The van der Waals surface area contributed by atoms with E-state index in [1.807, 2.05) is 0 Å². The Bertz CT molecular complexity index is 441. The molecular formula is C12H15FN2O2. The van der Waals surface area contributed by atoms with E-state index in [-0.39, 0.29) is 23.6 Å². The van der Waals surface area contributed by atoms with Gasteiger partial charge in [-0.15, -0.1) is 0 Å². The van der Waals surface area contributed by atoms with Gasteiger partial charge in [0.2, 0.25) is 0 Å². The van der Waals surface area contributed by atoms with Crippen molar-refractivity contribution >= 4 is 0 Å². The number of hydrogen-bond acceptors (Lipinski definition) is 4. The first-order valence-electron chi connectivity index (χ1n) is 5.40. The molecule has 0 aliphatic rings. The monoisotopic (exact) mass is 238 g/mol. The van der Waals surface area contributed by atoms with Crippen LogP contribution < -0.4 is 15.2 Å². The highest BCUT2D eigenvalue weighted by molar-refractivity contribution is 5.53. The van der Waals surface area contributed by atoms with Crippen molar-refractivity contribution in [3.8, 4) is 17.6 Å². The molecule has 0 saturated carbocycles. The smallest absolute Gasteiger partial charge is 0.198 e. The quantitative estimate of drug-likeness (QED) is 0.851. The maximum Gasteiger partial charge on any atom is 0.198 e. The molecule has 5 heteroatoms. The second-order valence-electron chi connectivity index (χ2n) is 3.23. The molecular weight excluding hydrogens is 223 g/mol. The Kier molecular flexibility index (Phi) is 4.73.